The molecule has 21 heavy (non-hydrogen) atoms. The molecule has 2 nitrogen and oxygen atoms in total. The second-order valence-electron chi connectivity index (χ2n) is 9.39. The van der Waals surface area contributed by atoms with Crippen molar-refractivity contribution in [2.45, 2.75) is 98.7 Å². The van der Waals surface area contributed by atoms with Gasteiger partial charge in [-0.05, 0) is 66.3 Å². The van der Waals surface area contributed by atoms with Crippen molar-refractivity contribution in [2.75, 3.05) is 6.54 Å². The molecule has 1 unspecified atom stereocenters. The van der Waals surface area contributed by atoms with Gasteiger partial charge in [-0.2, -0.15) is 0 Å². The molecule has 0 aromatic carbocycles. The maximum Gasteiger partial charge on any atom is 0.0286 e. The second kappa shape index (κ2) is 7.78. The Bertz CT molecular complexity index is 310. The number of rotatable bonds is 7. The third kappa shape index (κ3) is 11.0. The third-order valence-electron chi connectivity index (χ3n) is 3.57. The number of hydrogen-bond acceptors (Lipinski definition) is 2. The molecule has 0 aliphatic heterocycles. The van der Waals surface area contributed by atoms with Gasteiger partial charge in [0.05, 0.1) is 0 Å². The van der Waals surface area contributed by atoms with Crippen LogP contribution < -0.4 is 10.6 Å². The molecular weight excluding hydrogens is 256 g/mol. The highest BCUT2D eigenvalue weighted by Gasteiger charge is 2.26. The molecule has 0 rings (SSSR count). The number of hydrogen-bond donors (Lipinski definition) is 2. The summed E-state index contributed by atoms with van der Waals surface area (Å²) in [5, 5.41) is 7.31. The summed E-state index contributed by atoms with van der Waals surface area (Å²) in [5.74, 6) is 0. The summed E-state index contributed by atoms with van der Waals surface area (Å²) in [6, 6.07) is 0.402. The highest BCUT2D eigenvalue weighted by atomic mass is 15.0. The van der Waals surface area contributed by atoms with Crippen molar-refractivity contribution in [1.29, 1.82) is 0 Å². The van der Waals surface area contributed by atoms with Gasteiger partial charge < -0.3 is 10.6 Å². The summed E-state index contributed by atoms with van der Waals surface area (Å²) in [4.78, 5) is 0. The summed E-state index contributed by atoms with van der Waals surface area (Å²) in [5.41, 5.74) is 1.83. The van der Waals surface area contributed by atoms with E-state index in [9.17, 15) is 0 Å². The van der Waals surface area contributed by atoms with Gasteiger partial charge in [0, 0.05) is 17.1 Å². The Hall–Kier alpha value is -0.340. The monoisotopic (exact) mass is 296 g/mol. The number of unbranched alkanes of at least 4 members (excludes halogenated alkanes) is 1. The SMILES string of the molecule is C=C(C(CCCCNC(C)(C)C)NC(C)(C)C)C(C)(C)C. The maximum absolute atomic E-state index is 4.37. The molecule has 0 fully saturated rings. The van der Waals surface area contributed by atoms with Crippen LogP contribution in [0.25, 0.3) is 0 Å². The topological polar surface area (TPSA) is 24.1 Å². The molecule has 2 N–H and O–H groups in total. The Morgan fingerprint density at radius 1 is 0.857 bits per heavy atom. The van der Waals surface area contributed by atoms with Crippen LogP contribution in [0.5, 0.6) is 0 Å². The van der Waals surface area contributed by atoms with E-state index in [4.69, 9.17) is 0 Å². The Balaban J connectivity index is 4.40. The van der Waals surface area contributed by atoms with Gasteiger partial charge in [-0.15, -0.1) is 0 Å². The van der Waals surface area contributed by atoms with E-state index >= 15 is 0 Å². The largest absolute Gasteiger partial charge is 0.312 e. The highest BCUT2D eigenvalue weighted by molar-refractivity contribution is 5.14. The lowest BCUT2D eigenvalue weighted by atomic mass is 9.81. The predicted octanol–water partition coefficient (Wildman–Crippen LogP) is 4.90. The maximum atomic E-state index is 4.37. The molecule has 0 aliphatic rings. The quantitative estimate of drug-likeness (QED) is 0.515. The first-order valence-corrected chi connectivity index (χ1v) is 8.44. The molecular formula is C19H40N2. The second-order valence-corrected chi connectivity index (χ2v) is 9.39. The molecule has 0 aromatic heterocycles. The summed E-state index contributed by atoms with van der Waals surface area (Å²) in [6.07, 6.45) is 3.61. The van der Waals surface area contributed by atoms with E-state index in [0.717, 1.165) is 6.54 Å². The first-order valence-electron chi connectivity index (χ1n) is 8.44. The lowest BCUT2D eigenvalue weighted by molar-refractivity contribution is 0.326. The van der Waals surface area contributed by atoms with Crippen LogP contribution in [-0.4, -0.2) is 23.7 Å². The minimum atomic E-state index is 0.127. The van der Waals surface area contributed by atoms with E-state index in [2.05, 4.69) is 79.5 Å². The van der Waals surface area contributed by atoms with Crippen LogP contribution in [0.4, 0.5) is 0 Å². The van der Waals surface area contributed by atoms with Gasteiger partial charge in [0.25, 0.3) is 0 Å². The zero-order valence-electron chi connectivity index (χ0n) is 16.1. The van der Waals surface area contributed by atoms with Crippen LogP contribution in [0.2, 0.25) is 0 Å². The van der Waals surface area contributed by atoms with Gasteiger partial charge >= 0.3 is 0 Å². The Labute approximate surface area is 134 Å². The van der Waals surface area contributed by atoms with Crippen molar-refractivity contribution in [1.82, 2.24) is 10.6 Å². The highest BCUT2D eigenvalue weighted by Crippen LogP contribution is 2.29. The molecule has 0 saturated carbocycles. The lowest BCUT2D eigenvalue weighted by Crippen LogP contribution is -2.46. The van der Waals surface area contributed by atoms with Crippen LogP contribution in [0.15, 0.2) is 12.2 Å². The van der Waals surface area contributed by atoms with Crippen molar-refractivity contribution in [3.63, 3.8) is 0 Å². The standard InChI is InChI=1S/C19H40N2/c1-15(17(2,3)4)16(21-19(8,9)10)13-11-12-14-20-18(5,6)7/h16,20-21H,1,11-14H2,2-10H3. The zero-order valence-corrected chi connectivity index (χ0v) is 16.1. The van der Waals surface area contributed by atoms with E-state index in [0.29, 0.717) is 6.04 Å². The summed E-state index contributed by atoms with van der Waals surface area (Å²) >= 11 is 0. The average molecular weight is 297 g/mol. The van der Waals surface area contributed by atoms with E-state index in [1.807, 2.05) is 0 Å². The third-order valence-corrected chi connectivity index (χ3v) is 3.57. The van der Waals surface area contributed by atoms with Crippen molar-refractivity contribution in [3.05, 3.63) is 12.2 Å². The smallest absolute Gasteiger partial charge is 0.0286 e. The Morgan fingerprint density at radius 2 is 1.38 bits per heavy atom. The van der Waals surface area contributed by atoms with E-state index in [1.54, 1.807) is 0 Å². The van der Waals surface area contributed by atoms with E-state index < -0.39 is 0 Å². The lowest BCUT2D eigenvalue weighted by Gasteiger charge is -2.35. The van der Waals surface area contributed by atoms with E-state index in [1.165, 1.54) is 24.8 Å². The van der Waals surface area contributed by atoms with Crippen LogP contribution in [0.3, 0.4) is 0 Å². The zero-order chi connectivity index (χ0) is 16.9. The van der Waals surface area contributed by atoms with Crippen molar-refractivity contribution >= 4 is 0 Å². The molecule has 0 aromatic rings. The first kappa shape index (κ1) is 20.7. The average Bonchev–Trinajstić information content (AvgIpc) is 2.21. The molecule has 2 heteroatoms. The first-order chi connectivity index (χ1) is 9.22. The molecule has 0 radical (unpaired) electrons. The fourth-order valence-corrected chi connectivity index (χ4v) is 2.32. The van der Waals surface area contributed by atoms with Crippen molar-refractivity contribution < 1.29 is 0 Å². The molecule has 0 heterocycles. The molecule has 0 spiro atoms. The van der Waals surface area contributed by atoms with Crippen LogP contribution in [0.1, 0.15) is 81.6 Å². The molecule has 0 aliphatic carbocycles. The fraction of sp³-hybridized carbons (Fsp3) is 0.895. The van der Waals surface area contributed by atoms with E-state index in [-0.39, 0.29) is 16.5 Å². The minimum Gasteiger partial charge on any atom is -0.312 e. The van der Waals surface area contributed by atoms with Crippen molar-refractivity contribution in [3.8, 4) is 0 Å². The molecule has 0 amide bonds. The van der Waals surface area contributed by atoms with Crippen LogP contribution >= 0.6 is 0 Å². The summed E-state index contributed by atoms with van der Waals surface area (Å²) in [6.45, 7) is 25.6. The number of nitrogens with one attached hydrogen (secondary N) is 2. The van der Waals surface area contributed by atoms with Crippen molar-refractivity contribution in [2.24, 2.45) is 5.41 Å². The molecule has 126 valence electrons. The Morgan fingerprint density at radius 3 is 1.76 bits per heavy atom. The van der Waals surface area contributed by atoms with Gasteiger partial charge in [0.15, 0.2) is 0 Å². The summed E-state index contributed by atoms with van der Waals surface area (Å²) in [7, 11) is 0. The van der Waals surface area contributed by atoms with Crippen LogP contribution in [0, 0.1) is 5.41 Å². The molecule has 0 saturated heterocycles. The molecule has 0 bridgehead atoms. The fourth-order valence-electron chi connectivity index (χ4n) is 2.32. The molecule has 1 atom stereocenters. The van der Waals surface area contributed by atoms with Gasteiger partial charge in [-0.25, -0.2) is 0 Å². The van der Waals surface area contributed by atoms with Gasteiger partial charge in [-0.3, -0.25) is 0 Å². The van der Waals surface area contributed by atoms with Gasteiger partial charge in [0.2, 0.25) is 0 Å². The van der Waals surface area contributed by atoms with Gasteiger partial charge in [-0.1, -0.05) is 39.3 Å². The normalized spacial score (nSPS) is 15.1. The Kier molecular flexibility index (Phi) is 7.66. The predicted molar refractivity (Wildman–Crippen MR) is 96.9 cm³/mol. The van der Waals surface area contributed by atoms with Crippen LogP contribution in [-0.2, 0) is 0 Å². The van der Waals surface area contributed by atoms with Gasteiger partial charge in [0.1, 0.15) is 0 Å². The minimum absolute atomic E-state index is 0.127. The summed E-state index contributed by atoms with van der Waals surface area (Å²) < 4.78 is 0.